The van der Waals surface area contributed by atoms with Crippen molar-refractivity contribution in [2.45, 2.75) is 19.3 Å². The lowest BCUT2D eigenvalue weighted by Gasteiger charge is -2.26. The molecule has 0 radical (unpaired) electrons. The average Bonchev–Trinajstić information content (AvgIpc) is 2.39. The average molecular weight is 304 g/mol. The molecule has 0 aliphatic carbocycles. The van der Waals surface area contributed by atoms with Gasteiger partial charge in [-0.05, 0) is 30.9 Å². The molecule has 1 aliphatic heterocycles. The van der Waals surface area contributed by atoms with E-state index in [1.54, 1.807) is 6.26 Å². The lowest BCUT2D eigenvalue weighted by atomic mass is 10.1. The van der Waals surface area contributed by atoms with Gasteiger partial charge in [-0.1, -0.05) is 0 Å². The Balaban J connectivity index is 2.03. The van der Waals surface area contributed by atoms with Gasteiger partial charge in [0.05, 0.1) is 0 Å². The second-order valence-corrected chi connectivity index (χ2v) is 6.37. The molecular weight excluding hydrogens is 286 g/mol. The molecule has 0 amide bonds. The number of anilines is 2. The zero-order valence-corrected chi connectivity index (χ0v) is 12.5. The SMILES string of the molecule is CS(=O)CCNc1nc(Cl)nc(N2CCCCC2)n1. The minimum Gasteiger partial charge on any atom is -0.353 e. The van der Waals surface area contributed by atoms with Crippen LogP contribution in [0.1, 0.15) is 19.3 Å². The van der Waals surface area contributed by atoms with E-state index < -0.39 is 10.8 Å². The standard InChI is InChI=1S/C11H18ClN5OS/c1-19(18)8-5-13-10-14-9(12)15-11(16-10)17-6-3-2-4-7-17/h2-8H2,1H3,(H,13,14,15,16). The normalized spacial score (nSPS) is 17.3. The van der Waals surface area contributed by atoms with Gasteiger partial charge in [0, 0.05) is 42.4 Å². The van der Waals surface area contributed by atoms with Crippen LogP contribution in [0.2, 0.25) is 5.28 Å². The molecule has 2 rings (SSSR count). The highest BCUT2D eigenvalue weighted by atomic mass is 35.5. The Hall–Kier alpha value is -0.950. The summed E-state index contributed by atoms with van der Waals surface area (Å²) in [4.78, 5) is 14.7. The van der Waals surface area contributed by atoms with Crippen molar-refractivity contribution in [3.63, 3.8) is 0 Å². The van der Waals surface area contributed by atoms with Crippen LogP contribution in [0.3, 0.4) is 0 Å². The van der Waals surface area contributed by atoms with Crippen LogP contribution in [0.25, 0.3) is 0 Å². The Morgan fingerprint density at radius 3 is 2.68 bits per heavy atom. The Morgan fingerprint density at radius 1 is 1.26 bits per heavy atom. The number of piperidine rings is 1. The third kappa shape index (κ3) is 4.58. The summed E-state index contributed by atoms with van der Waals surface area (Å²) in [6.07, 6.45) is 5.23. The minimum atomic E-state index is -0.831. The van der Waals surface area contributed by atoms with E-state index >= 15 is 0 Å². The van der Waals surface area contributed by atoms with Gasteiger partial charge in [0.25, 0.3) is 0 Å². The fourth-order valence-electron chi connectivity index (χ4n) is 1.96. The van der Waals surface area contributed by atoms with E-state index in [4.69, 9.17) is 11.6 Å². The topological polar surface area (TPSA) is 71.0 Å². The first-order valence-electron chi connectivity index (χ1n) is 6.35. The second kappa shape index (κ2) is 7.00. The summed E-state index contributed by atoms with van der Waals surface area (Å²) in [7, 11) is -0.831. The van der Waals surface area contributed by atoms with Crippen molar-refractivity contribution in [1.82, 2.24) is 15.0 Å². The van der Waals surface area contributed by atoms with Crippen LogP contribution in [-0.2, 0) is 10.8 Å². The molecule has 8 heteroatoms. The third-order valence-corrected chi connectivity index (χ3v) is 3.86. The first-order chi connectivity index (χ1) is 9.15. The number of hydrogen-bond acceptors (Lipinski definition) is 6. The number of hydrogen-bond donors (Lipinski definition) is 1. The number of nitrogens with zero attached hydrogens (tertiary/aromatic N) is 4. The molecule has 106 valence electrons. The van der Waals surface area contributed by atoms with Crippen LogP contribution in [0.4, 0.5) is 11.9 Å². The lowest BCUT2D eigenvalue weighted by Crippen LogP contribution is -2.31. The summed E-state index contributed by atoms with van der Waals surface area (Å²) < 4.78 is 11.0. The fourth-order valence-corrected chi connectivity index (χ4v) is 2.51. The molecule has 1 N–H and O–H groups in total. The van der Waals surface area contributed by atoms with Crippen molar-refractivity contribution in [1.29, 1.82) is 0 Å². The minimum absolute atomic E-state index is 0.190. The Labute approximate surface area is 120 Å². The van der Waals surface area contributed by atoms with Gasteiger partial charge in [-0.2, -0.15) is 15.0 Å². The van der Waals surface area contributed by atoms with E-state index in [9.17, 15) is 4.21 Å². The monoisotopic (exact) mass is 303 g/mol. The molecule has 1 unspecified atom stereocenters. The summed E-state index contributed by atoms with van der Waals surface area (Å²) >= 11 is 5.92. The predicted molar refractivity (Wildman–Crippen MR) is 78.3 cm³/mol. The van der Waals surface area contributed by atoms with Crippen LogP contribution in [-0.4, -0.2) is 50.8 Å². The van der Waals surface area contributed by atoms with E-state index in [0.29, 0.717) is 24.2 Å². The highest BCUT2D eigenvalue weighted by Gasteiger charge is 2.15. The van der Waals surface area contributed by atoms with E-state index in [0.717, 1.165) is 25.9 Å². The van der Waals surface area contributed by atoms with Crippen molar-refractivity contribution >= 4 is 34.3 Å². The molecule has 19 heavy (non-hydrogen) atoms. The zero-order chi connectivity index (χ0) is 13.7. The molecule has 1 aromatic rings. The van der Waals surface area contributed by atoms with Gasteiger partial charge < -0.3 is 10.2 Å². The molecule has 1 fully saturated rings. The van der Waals surface area contributed by atoms with Gasteiger partial charge in [0.2, 0.25) is 17.2 Å². The van der Waals surface area contributed by atoms with Crippen LogP contribution >= 0.6 is 11.6 Å². The van der Waals surface area contributed by atoms with Gasteiger partial charge in [-0.15, -0.1) is 0 Å². The maximum absolute atomic E-state index is 11.0. The third-order valence-electron chi connectivity index (χ3n) is 2.91. The molecule has 1 aromatic heterocycles. The summed E-state index contributed by atoms with van der Waals surface area (Å²) in [6.45, 7) is 2.47. The van der Waals surface area contributed by atoms with Crippen LogP contribution in [0, 0.1) is 0 Å². The van der Waals surface area contributed by atoms with Crippen molar-refractivity contribution < 1.29 is 4.21 Å². The predicted octanol–water partition coefficient (Wildman–Crippen LogP) is 1.31. The van der Waals surface area contributed by atoms with Crippen molar-refractivity contribution in [2.75, 3.05) is 41.9 Å². The number of nitrogens with one attached hydrogen (secondary N) is 1. The second-order valence-electron chi connectivity index (χ2n) is 4.48. The molecule has 0 bridgehead atoms. The van der Waals surface area contributed by atoms with Gasteiger partial charge in [0.15, 0.2) is 0 Å². The van der Waals surface area contributed by atoms with Gasteiger partial charge >= 0.3 is 0 Å². The maximum Gasteiger partial charge on any atom is 0.231 e. The summed E-state index contributed by atoms with van der Waals surface area (Å²) in [5.41, 5.74) is 0. The first kappa shape index (κ1) is 14.5. The van der Waals surface area contributed by atoms with Gasteiger partial charge in [0.1, 0.15) is 0 Å². The zero-order valence-electron chi connectivity index (χ0n) is 10.9. The van der Waals surface area contributed by atoms with E-state index in [2.05, 4.69) is 25.2 Å². The molecule has 2 heterocycles. The highest BCUT2D eigenvalue weighted by Crippen LogP contribution is 2.18. The van der Waals surface area contributed by atoms with Crippen LogP contribution in [0.5, 0.6) is 0 Å². The van der Waals surface area contributed by atoms with E-state index in [1.807, 2.05) is 0 Å². The molecule has 1 saturated heterocycles. The number of halogens is 1. The molecular formula is C11H18ClN5OS. The number of aromatic nitrogens is 3. The largest absolute Gasteiger partial charge is 0.353 e. The van der Waals surface area contributed by atoms with Gasteiger partial charge in [-0.25, -0.2) is 0 Å². The fraction of sp³-hybridized carbons (Fsp3) is 0.727. The Bertz CT molecular complexity index is 453. The maximum atomic E-state index is 11.0. The Kier molecular flexibility index (Phi) is 5.33. The highest BCUT2D eigenvalue weighted by molar-refractivity contribution is 7.84. The Morgan fingerprint density at radius 2 is 2.00 bits per heavy atom. The first-order valence-corrected chi connectivity index (χ1v) is 8.46. The molecule has 6 nitrogen and oxygen atoms in total. The van der Waals surface area contributed by atoms with Crippen LogP contribution in [0.15, 0.2) is 0 Å². The molecule has 0 spiro atoms. The molecule has 0 aromatic carbocycles. The van der Waals surface area contributed by atoms with E-state index in [-0.39, 0.29) is 5.28 Å². The van der Waals surface area contributed by atoms with Crippen molar-refractivity contribution in [2.24, 2.45) is 0 Å². The molecule has 1 atom stereocenters. The number of rotatable bonds is 5. The molecule has 0 saturated carbocycles. The van der Waals surface area contributed by atoms with Crippen molar-refractivity contribution in [3.05, 3.63) is 5.28 Å². The van der Waals surface area contributed by atoms with Crippen molar-refractivity contribution in [3.8, 4) is 0 Å². The smallest absolute Gasteiger partial charge is 0.231 e. The quantitative estimate of drug-likeness (QED) is 0.884. The summed E-state index contributed by atoms with van der Waals surface area (Å²) in [6, 6.07) is 0. The van der Waals surface area contributed by atoms with E-state index in [1.165, 1.54) is 6.42 Å². The summed E-state index contributed by atoms with van der Waals surface area (Å²) in [5.74, 6) is 1.63. The van der Waals surface area contributed by atoms with Gasteiger partial charge in [-0.3, -0.25) is 4.21 Å². The summed E-state index contributed by atoms with van der Waals surface area (Å²) in [5, 5.41) is 3.22. The lowest BCUT2D eigenvalue weighted by molar-refractivity contribution is 0.567. The molecule has 1 aliphatic rings. The van der Waals surface area contributed by atoms with Crippen LogP contribution < -0.4 is 10.2 Å².